The number of ether oxygens (including phenoxy) is 12. The number of carbonyl (C=O) groups is 6. The number of alkyl halides is 9. The summed E-state index contributed by atoms with van der Waals surface area (Å²) in [6, 6.07) is 41.0. The fourth-order valence-corrected chi connectivity index (χ4v) is 13.5. The van der Waals surface area contributed by atoms with Gasteiger partial charge in [-0.05, 0) is 289 Å². The van der Waals surface area contributed by atoms with Crippen molar-refractivity contribution >= 4 is 35.8 Å². The maximum absolute atomic E-state index is 12.9. The van der Waals surface area contributed by atoms with Gasteiger partial charge >= 0.3 is 54.3 Å². The smallest absolute Gasteiger partial charge is 0.419 e. The Kier molecular flexibility index (Phi) is 46.9. The summed E-state index contributed by atoms with van der Waals surface area (Å²) < 4.78 is 181. The van der Waals surface area contributed by atoms with E-state index < -0.39 is 141 Å². The van der Waals surface area contributed by atoms with E-state index >= 15 is 0 Å². The lowest BCUT2D eigenvalue weighted by molar-refractivity contribution is -0.278. The normalized spacial score (nSPS) is 15.1. The topological polar surface area (TPSA) is 335 Å². The summed E-state index contributed by atoms with van der Waals surface area (Å²) in [5.41, 5.74) is -9.47. The van der Waals surface area contributed by atoms with Crippen molar-refractivity contribution in [3.63, 3.8) is 0 Å². The summed E-state index contributed by atoms with van der Waals surface area (Å²) in [5, 5.41) is 58.4. The van der Waals surface area contributed by atoms with Crippen LogP contribution in [0.15, 0.2) is 219 Å². The van der Waals surface area contributed by atoms with Crippen LogP contribution < -0.4 is 28.4 Å². The summed E-state index contributed by atoms with van der Waals surface area (Å²) in [5.74, 6) is -0.715. The van der Waals surface area contributed by atoms with E-state index in [9.17, 15) is 98.9 Å². The highest BCUT2D eigenvalue weighted by atomic mass is 19.4. The minimum absolute atomic E-state index is 0.204. The Morgan fingerprint density at radius 3 is 0.874 bits per heavy atom. The minimum Gasteiger partial charge on any atom is -0.423 e. The molecular formula is C110H147F9O24. The Bertz CT molecular complexity index is 5030. The Hall–Kier alpha value is -10.5. The molecule has 0 saturated heterocycles. The summed E-state index contributed by atoms with van der Waals surface area (Å²) in [4.78, 5) is 69.4. The van der Waals surface area contributed by atoms with Gasteiger partial charge in [0.25, 0.3) is 0 Å². The van der Waals surface area contributed by atoms with Gasteiger partial charge in [0.2, 0.25) is 0 Å². The second kappa shape index (κ2) is 53.0. The Balaban J connectivity index is 0.000000442. The third kappa shape index (κ3) is 40.8. The van der Waals surface area contributed by atoms with Crippen LogP contribution in [0.4, 0.5) is 39.5 Å². The van der Waals surface area contributed by atoms with Crippen LogP contribution in [-0.4, -0.2) is 158 Å². The number of hydrogen-bond acceptors (Lipinski definition) is 24. The first kappa shape index (κ1) is 127. The summed E-state index contributed by atoms with van der Waals surface area (Å²) in [7, 11) is 0. The Morgan fingerprint density at radius 2 is 0.538 bits per heavy atom. The molecule has 2 aliphatic carbocycles. The van der Waals surface area contributed by atoms with Crippen molar-refractivity contribution in [2.24, 2.45) is 0 Å². The van der Waals surface area contributed by atoms with E-state index in [1.165, 1.54) is 32.9 Å². The third-order valence-electron chi connectivity index (χ3n) is 23.0. The van der Waals surface area contributed by atoms with Gasteiger partial charge in [-0.15, -0.1) is 0 Å². The fourth-order valence-electron chi connectivity index (χ4n) is 13.5. The van der Waals surface area contributed by atoms with Crippen molar-refractivity contribution in [3.8, 4) is 34.5 Å². The van der Waals surface area contributed by atoms with E-state index in [2.05, 4.69) is 39.5 Å². The van der Waals surface area contributed by atoms with Crippen molar-refractivity contribution in [1.29, 1.82) is 0 Å². The minimum atomic E-state index is -4.79. The maximum Gasteiger partial charge on any atom is 0.419 e. The maximum atomic E-state index is 12.9. The van der Waals surface area contributed by atoms with Crippen molar-refractivity contribution < 1.29 is 156 Å². The van der Waals surface area contributed by atoms with E-state index in [1.807, 2.05) is 70.2 Å². The quantitative estimate of drug-likeness (QED) is 0.00901. The van der Waals surface area contributed by atoms with Crippen molar-refractivity contribution in [2.45, 2.75) is 322 Å². The van der Waals surface area contributed by atoms with Gasteiger partial charge < -0.3 is 87.5 Å². The van der Waals surface area contributed by atoms with E-state index in [-0.39, 0.29) is 42.3 Å². The highest BCUT2D eigenvalue weighted by Crippen LogP contribution is 2.48. The zero-order valence-corrected chi connectivity index (χ0v) is 86.8. The molecule has 8 rings (SSSR count). The largest absolute Gasteiger partial charge is 0.423 e. The highest BCUT2D eigenvalue weighted by molar-refractivity contribution is 5.91. The molecule has 0 heterocycles. The van der Waals surface area contributed by atoms with Crippen LogP contribution in [0, 0.1) is 0 Å². The standard InChI is InChI=1S/C19H23F3O4.C19H25F3O4.C19H26O4.C19H28O4.C17H21F3O4.C17H24O4/c1-13(2)16(23)26-15-8-6-14(7-9-15)18(10-4-5-11-18)25-12-17(3,24)19(20,21)22;1-6-18(7-2,25-12-17(5,24)19(20,21)22)14-8-10-15(11-9-14)26-16(23)13(3)4;1-14(2)17(20)23-16-9-7-8-15(12-16)19(10-5-6-11-19)22-13-18(3,4)21;1-7-19(8-2,22-13-18(5,6)21)15-10-9-11-16(12-15)23-17(20)14(3)4;1-11(2)14(21)24-13-8-6-12(7-9-13)15(3,4)23-10-16(5,22)17(18,19)20;1-12(2)15(18)21-14-9-7-8-13(10-14)17(5,6)20-11-16(3,4)19/h6-9,24H,1,4-5,10-12H2,2-3H3;8-11,24H,3,6-7,12H2,1-2,4-5H3;7-9,12,21H,1,5-6,10-11,13H2,2-4H3;9-12,21H,3,7-8,13H2,1-2,4-6H3;6-9,22H,1,10H2,2-5H3;7-10,19H,1,11H2,2-6H3. The second-order valence-corrected chi connectivity index (χ2v) is 39.5. The molecular weight excluding hydrogens is 1880 g/mol. The molecule has 0 spiro atoms. The number of halogens is 9. The van der Waals surface area contributed by atoms with Crippen LogP contribution in [-0.2, 0) is 90.8 Å². The van der Waals surface area contributed by atoms with Crippen molar-refractivity contribution in [2.75, 3.05) is 39.6 Å². The molecule has 2 aliphatic rings. The molecule has 2 fully saturated rings. The number of aliphatic hydroxyl groups is 6. The number of carbonyl (C=O) groups excluding carboxylic acids is 6. The molecule has 6 aromatic carbocycles. The molecule has 0 aromatic heterocycles. The van der Waals surface area contributed by atoms with Crippen LogP contribution in [0.1, 0.15) is 270 Å². The van der Waals surface area contributed by atoms with Gasteiger partial charge in [-0.3, -0.25) is 0 Å². The number of rotatable bonds is 40. The van der Waals surface area contributed by atoms with Gasteiger partial charge in [-0.25, -0.2) is 28.8 Å². The average Bonchev–Trinajstić information content (AvgIpc) is 1.74. The zero-order chi connectivity index (χ0) is 110. The average molecular weight is 2020 g/mol. The summed E-state index contributed by atoms with van der Waals surface area (Å²) >= 11 is 0. The molecule has 3 unspecified atom stereocenters. The lowest BCUT2D eigenvalue weighted by atomic mass is 9.88. The Labute approximate surface area is 835 Å². The second-order valence-electron chi connectivity index (χ2n) is 39.5. The number of hydrogen-bond donors (Lipinski definition) is 6. The molecule has 2 saturated carbocycles. The first-order valence-electron chi connectivity index (χ1n) is 46.8. The van der Waals surface area contributed by atoms with Gasteiger partial charge in [0, 0.05) is 33.4 Å². The molecule has 33 heteroatoms. The first-order valence-corrected chi connectivity index (χ1v) is 46.8. The van der Waals surface area contributed by atoms with Gasteiger partial charge in [0.15, 0.2) is 16.8 Å². The van der Waals surface area contributed by atoms with E-state index in [1.54, 1.807) is 181 Å². The highest BCUT2D eigenvalue weighted by Gasteiger charge is 2.54. The van der Waals surface area contributed by atoms with Crippen molar-refractivity contribution in [1.82, 2.24) is 0 Å². The van der Waals surface area contributed by atoms with E-state index in [0.717, 1.165) is 68.1 Å². The number of benzene rings is 6. The molecule has 0 radical (unpaired) electrons. The summed E-state index contributed by atoms with van der Waals surface area (Å²) in [6.45, 7) is 55.6. The van der Waals surface area contributed by atoms with Gasteiger partial charge in [0.05, 0.1) is 90.1 Å². The van der Waals surface area contributed by atoms with Gasteiger partial charge in [0.1, 0.15) is 34.5 Å². The lowest BCUT2D eigenvalue weighted by Crippen LogP contribution is -2.48. The monoisotopic (exact) mass is 2020 g/mol. The molecule has 6 N–H and O–H groups in total. The predicted molar refractivity (Wildman–Crippen MR) is 527 cm³/mol. The predicted octanol–water partition coefficient (Wildman–Crippen LogP) is 23.4. The lowest BCUT2D eigenvalue weighted by Gasteiger charge is -2.36. The Morgan fingerprint density at radius 1 is 0.287 bits per heavy atom. The van der Waals surface area contributed by atoms with Crippen LogP contribution in [0.2, 0.25) is 0 Å². The molecule has 794 valence electrons. The zero-order valence-electron chi connectivity index (χ0n) is 86.8. The van der Waals surface area contributed by atoms with Crippen LogP contribution in [0.25, 0.3) is 0 Å². The molecule has 143 heavy (non-hydrogen) atoms. The molecule has 0 amide bonds. The first-order chi connectivity index (χ1) is 65.5. The van der Waals surface area contributed by atoms with Crippen LogP contribution >= 0.6 is 0 Å². The molecule has 0 bridgehead atoms. The van der Waals surface area contributed by atoms with Crippen molar-refractivity contribution in [3.05, 3.63) is 252 Å². The van der Waals surface area contributed by atoms with Gasteiger partial charge in [-0.2, -0.15) is 39.5 Å². The molecule has 6 aromatic rings. The fraction of sp³-hybridized carbons (Fsp3) is 0.509. The summed E-state index contributed by atoms with van der Waals surface area (Å²) in [6.07, 6.45) is -5.30. The molecule has 3 atom stereocenters. The van der Waals surface area contributed by atoms with E-state index in [0.29, 0.717) is 109 Å². The van der Waals surface area contributed by atoms with E-state index in [4.69, 9.17) is 56.8 Å². The third-order valence-corrected chi connectivity index (χ3v) is 23.0. The van der Waals surface area contributed by atoms with Gasteiger partial charge in [-0.1, -0.05) is 166 Å². The van der Waals surface area contributed by atoms with Crippen LogP contribution in [0.5, 0.6) is 34.5 Å². The molecule has 24 nitrogen and oxygen atoms in total. The van der Waals surface area contributed by atoms with Crippen LogP contribution in [0.3, 0.4) is 0 Å². The number of esters is 6. The molecule has 0 aliphatic heterocycles. The SMILES string of the molecule is C=C(C)C(=O)Oc1ccc(C(C)(C)OCC(C)(O)C(F)(F)F)cc1.C=C(C)C(=O)Oc1ccc(C(CC)(CC)OCC(C)(O)C(F)(F)F)cc1.C=C(C)C(=O)Oc1ccc(C2(OCC(C)(O)C(F)(F)F)CCCC2)cc1.C=C(C)C(=O)Oc1cccc(C(C)(C)OCC(C)(C)O)c1.C=C(C)C(=O)Oc1cccc(C(CC)(CC)OCC(C)(C)O)c1.C=C(C)C(=O)Oc1cccc(C2(OCC(C)(C)O)CCCC2)c1.